The molecule has 4 rings (SSSR count). The maximum atomic E-state index is 13.4. The molecule has 2 aliphatic rings. The molecule has 1 fully saturated rings. The van der Waals surface area contributed by atoms with Crippen molar-refractivity contribution >= 4 is 12.0 Å². The van der Waals surface area contributed by atoms with E-state index in [1.807, 2.05) is 30.3 Å². The second-order valence-corrected chi connectivity index (χ2v) is 6.76. The van der Waals surface area contributed by atoms with Crippen LogP contribution < -0.4 is 5.73 Å². The molecule has 5 nitrogen and oxygen atoms in total. The Bertz CT molecular complexity index is 1020. The molecule has 0 aliphatic carbocycles. The highest BCUT2D eigenvalue weighted by Gasteiger charge is 2.63. The van der Waals surface area contributed by atoms with Gasteiger partial charge in [-0.3, -0.25) is 4.79 Å². The van der Waals surface area contributed by atoms with Gasteiger partial charge in [0.15, 0.2) is 5.41 Å². The molecule has 0 bridgehead atoms. The molecule has 27 heavy (non-hydrogen) atoms. The minimum atomic E-state index is -1.56. The minimum absolute atomic E-state index is 0.435. The average Bonchev–Trinajstić information content (AvgIpc) is 3.00. The number of hydrogen-bond donors (Lipinski definition) is 1. The van der Waals surface area contributed by atoms with Crippen LogP contribution in [0.4, 0.5) is 4.39 Å². The molecule has 2 N–H and O–H groups in total. The average molecular weight is 358 g/mol. The van der Waals surface area contributed by atoms with Gasteiger partial charge in [0.1, 0.15) is 11.9 Å². The van der Waals surface area contributed by atoms with Gasteiger partial charge in [0.25, 0.3) is 0 Å². The lowest BCUT2D eigenvalue weighted by molar-refractivity contribution is -0.122. The molecule has 6 heteroatoms. The number of amides is 1. The standard InChI is InChI=1S/C21H15FN4O/c22-15-7-5-14(6-8-15)17-18(20(25)27)26-10-9-13-3-1-2-4-16(13)19(26)21(17,11-23)12-24/h1-10,17-19H,(H2,25,27)/t17-,18-,19+/m0/s1. The summed E-state index contributed by atoms with van der Waals surface area (Å²) < 4.78 is 13.4. The predicted octanol–water partition coefficient (Wildman–Crippen LogP) is 2.84. The summed E-state index contributed by atoms with van der Waals surface area (Å²) in [5, 5.41) is 20.2. The van der Waals surface area contributed by atoms with Crippen molar-refractivity contribution in [3.63, 3.8) is 0 Å². The lowest BCUT2D eigenvalue weighted by Gasteiger charge is -2.34. The second-order valence-electron chi connectivity index (χ2n) is 6.76. The highest BCUT2D eigenvalue weighted by molar-refractivity contribution is 5.83. The van der Waals surface area contributed by atoms with Crippen LogP contribution in [0.25, 0.3) is 6.08 Å². The molecule has 2 aliphatic heterocycles. The molecule has 0 spiro atoms. The van der Waals surface area contributed by atoms with Gasteiger partial charge >= 0.3 is 0 Å². The van der Waals surface area contributed by atoms with E-state index >= 15 is 0 Å². The van der Waals surface area contributed by atoms with E-state index in [0.29, 0.717) is 5.56 Å². The van der Waals surface area contributed by atoms with Crippen LogP contribution in [0.3, 0.4) is 0 Å². The van der Waals surface area contributed by atoms with Crippen molar-refractivity contribution < 1.29 is 9.18 Å². The van der Waals surface area contributed by atoms with Crippen LogP contribution in [0.2, 0.25) is 0 Å². The Kier molecular flexibility index (Phi) is 3.71. The summed E-state index contributed by atoms with van der Waals surface area (Å²) in [6.07, 6.45) is 3.56. The molecule has 2 heterocycles. The lowest BCUT2D eigenvalue weighted by Crippen LogP contribution is -2.41. The Morgan fingerprint density at radius 2 is 1.78 bits per heavy atom. The molecule has 0 saturated carbocycles. The number of rotatable bonds is 2. The highest BCUT2D eigenvalue weighted by Crippen LogP contribution is 2.59. The third-order valence-corrected chi connectivity index (χ3v) is 5.46. The molecule has 0 unspecified atom stereocenters. The minimum Gasteiger partial charge on any atom is -0.368 e. The predicted molar refractivity (Wildman–Crippen MR) is 95.8 cm³/mol. The first-order chi connectivity index (χ1) is 13.0. The van der Waals surface area contributed by atoms with Crippen LogP contribution >= 0.6 is 0 Å². The number of nitrogens with two attached hydrogens (primary N) is 1. The summed E-state index contributed by atoms with van der Waals surface area (Å²) in [7, 11) is 0. The van der Waals surface area contributed by atoms with Crippen LogP contribution in [0.1, 0.15) is 28.7 Å². The molecule has 2 aromatic rings. The molecule has 1 amide bonds. The molecule has 0 radical (unpaired) electrons. The molecular formula is C21H15FN4O. The van der Waals surface area contributed by atoms with Crippen molar-refractivity contribution in [2.75, 3.05) is 0 Å². The summed E-state index contributed by atoms with van der Waals surface area (Å²) in [4.78, 5) is 14.1. The number of primary amides is 1. The first-order valence-electron chi connectivity index (χ1n) is 8.45. The van der Waals surface area contributed by atoms with Crippen LogP contribution in [-0.2, 0) is 4.79 Å². The Morgan fingerprint density at radius 1 is 1.11 bits per heavy atom. The van der Waals surface area contributed by atoms with Crippen molar-refractivity contribution in [1.82, 2.24) is 4.90 Å². The maximum absolute atomic E-state index is 13.4. The first-order valence-corrected chi connectivity index (χ1v) is 8.45. The molecule has 0 aromatic heterocycles. The van der Waals surface area contributed by atoms with E-state index < -0.39 is 35.1 Å². The fourth-order valence-corrected chi connectivity index (χ4v) is 4.36. The van der Waals surface area contributed by atoms with Gasteiger partial charge in [-0.25, -0.2) is 4.39 Å². The Hall–Kier alpha value is -3.64. The Morgan fingerprint density at radius 3 is 2.41 bits per heavy atom. The smallest absolute Gasteiger partial charge is 0.240 e. The zero-order chi connectivity index (χ0) is 19.2. The van der Waals surface area contributed by atoms with E-state index in [-0.39, 0.29) is 0 Å². The largest absolute Gasteiger partial charge is 0.368 e. The van der Waals surface area contributed by atoms with Crippen molar-refractivity contribution in [3.8, 4) is 12.1 Å². The highest BCUT2D eigenvalue weighted by atomic mass is 19.1. The van der Waals surface area contributed by atoms with E-state index in [9.17, 15) is 19.7 Å². The number of hydrogen-bond acceptors (Lipinski definition) is 4. The van der Waals surface area contributed by atoms with Crippen LogP contribution in [0.15, 0.2) is 54.7 Å². The number of benzene rings is 2. The van der Waals surface area contributed by atoms with Gasteiger partial charge in [0.2, 0.25) is 5.91 Å². The van der Waals surface area contributed by atoms with E-state index in [1.165, 1.54) is 24.3 Å². The zero-order valence-electron chi connectivity index (χ0n) is 14.2. The summed E-state index contributed by atoms with van der Waals surface area (Å²) >= 11 is 0. The van der Waals surface area contributed by atoms with Crippen molar-refractivity contribution in [2.24, 2.45) is 11.1 Å². The van der Waals surface area contributed by atoms with Crippen LogP contribution in [-0.4, -0.2) is 16.8 Å². The van der Waals surface area contributed by atoms with Crippen molar-refractivity contribution in [3.05, 3.63) is 77.2 Å². The third-order valence-electron chi connectivity index (χ3n) is 5.46. The van der Waals surface area contributed by atoms with E-state index in [1.54, 1.807) is 11.1 Å². The molecule has 2 aromatic carbocycles. The van der Waals surface area contributed by atoms with Crippen LogP contribution in [0, 0.1) is 33.9 Å². The topological polar surface area (TPSA) is 93.9 Å². The van der Waals surface area contributed by atoms with Gasteiger partial charge in [-0.2, -0.15) is 10.5 Å². The quantitative estimate of drug-likeness (QED) is 0.893. The SMILES string of the molecule is N#CC1(C#N)[C@@H](c2ccc(F)cc2)[C@@H](C(N)=O)N2C=Cc3ccccc3[C@@H]21. The molecule has 1 saturated heterocycles. The number of fused-ring (bicyclic) bond motifs is 3. The van der Waals surface area contributed by atoms with Gasteiger partial charge in [0.05, 0.1) is 18.2 Å². The fraction of sp³-hybridized carbons (Fsp3) is 0.190. The normalized spacial score (nSPS) is 24.4. The Labute approximate surface area is 155 Å². The van der Waals surface area contributed by atoms with Gasteiger partial charge in [-0.05, 0) is 34.9 Å². The number of halogens is 1. The van der Waals surface area contributed by atoms with Gasteiger partial charge in [-0.1, -0.05) is 36.4 Å². The summed E-state index contributed by atoms with van der Waals surface area (Å²) in [6, 6.07) is 15.8. The lowest BCUT2D eigenvalue weighted by atomic mass is 9.68. The number of nitrogens with zero attached hydrogens (tertiary/aromatic N) is 3. The fourth-order valence-electron chi connectivity index (χ4n) is 4.36. The first kappa shape index (κ1) is 16.8. The summed E-state index contributed by atoms with van der Waals surface area (Å²) in [5.41, 5.74) is 6.36. The van der Waals surface area contributed by atoms with Gasteiger partial charge < -0.3 is 10.6 Å². The monoisotopic (exact) mass is 358 g/mol. The molecule has 3 atom stereocenters. The number of carbonyl (C=O) groups excluding carboxylic acids is 1. The third kappa shape index (κ3) is 2.24. The Balaban J connectivity index is 2.00. The van der Waals surface area contributed by atoms with E-state index in [0.717, 1.165) is 11.1 Å². The van der Waals surface area contributed by atoms with E-state index in [2.05, 4.69) is 12.1 Å². The second kappa shape index (κ2) is 5.96. The van der Waals surface area contributed by atoms with Crippen molar-refractivity contribution in [1.29, 1.82) is 10.5 Å². The van der Waals surface area contributed by atoms with Gasteiger partial charge in [0, 0.05) is 12.1 Å². The number of nitriles is 2. The van der Waals surface area contributed by atoms with Crippen LogP contribution in [0.5, 0.6) is 0 Å². The zero-order valence-corrected chi connectivity index (χ0v) is 14.2. The molecular weight excluding hydrogens is 343 g/mol. The summed E-state index contributed by atoms with van der Waals surface area (Å²) in [6.45, 7) is 0. The number of carbonyl (C=O) groups is 1. The van der Waals surface area contributed by atoms with Crippen molar-refractivity contribution in [2.45, 2.75) is 18.0 Å². The van der Waals surface area contributed by atoms with E-state index in [4.69, 9.17) is 5.73 Å². The summed E-state index contributed by atoms with van der Waals surface area (Å²) in [5.74, 6) is -1.88. The molecule has 132 valence electrons. The maximum Gasteiger partial charge on any atom is 0.240 e. The van der Waals surface area contributed by atoms with Gasteiger partial charge in [-0.15, -0.1) is 0 Å².